The number of hydrogen-bond donors (Lipinski definition) is 0. The molecule has 2 heterocycles. The molecule has 0 bridgehead atoms. The first-order valence-electron chi connectivity index (χ1n) is 8.94. The van der Waals surface area contributed by atoms with Crippen molar-refractivity contribution >= 4 is 0 Å². The second-order valence-corrected chi connectivity index (χ2v) is 7.38. The van der Waals surface area contributed by atoms with E-state index >= 15 is 0 Å². The number of hydrogen-bond acceptors (Lipinski definition) is 3. The molecular formula is C15H16F14N2O. The van der Waals surface area contributed by atoms with Crippen molar-refractivity contribution in [3.63, 3.8) is 0 Å². The highest BCUT2D eigenvalue weighted by atomic mass is 19.4. The molecule has 4 atom stereocenters. The summed E-state index contributed by atoms with van der Waals surface area (Å²) in [6.07, 6.45) is -30.2. The Hall–Kier alpha value is -1.10. The normalized spacial score (nSPS) is 27.6. The molecule has 0 spiro atoms. The molecule has 0 aromatic heterocycles. The highest BCUT2D eigenvalue weighted by Crippen LogP contribution is 2.48. The van der Waals surface area contributed by atoms with Gasteiger partial charge >= 0.3 is 24.6 Å². The van der Waals surface area contributed by atoms with Crippen LogP contribution in [0.25, 0.3) is 0 Å². The van der Waals surface area contributed by atoms with Crippen LogP contribution in [0.1, 0.15) is 12.8 Å². The summed E-state index contributed by atoms with van der Waals surface area (Å²) < 4.78 is 189. The second kappa shape index (κ2) is 8.60. The largest absolute Gasteiger partial charge is 0.460 e. The Morgan fingerprint density at radius 1 is 0.625 bits per heavy atom. The summed E-state index contributed by atoms with van der Waals surface area (Å²) >= 11 is 0. The zero-order valence-electron chi connectivity index (χ0n) is 15.6. The van der Waals surface area contributed by atoms with Gasteiger partial charge in [0, 0.05) is 26.2 Å². The van der Waals surface area contributed by atoms with Crippen LogP contribution in [0.15, 0.2) is 0 Å². The Morgan fingerprint density at radius 3 is 1.44 bits per heavy atom. The number of nitrogens with zero attached hydrogens (tertiary/aromatic N) is 2. The van der Waals surface area contributed by atoms with E-state index in [1.165, 1.54) is 0 Å². The minimum Gasteiger partial charge on any atom is -0.362 e. The molecule has 0 aromatic rings. The summed E-state index contributed by atoms with van der Waals surface area (Å²) in [7, 11) is 0. The summed E-state index contributed by atoms with van der Waals surface area (Å²) in [5.74, 6) is -10.4. The van der Waals surface area contributed by atoms with Gasteiger partial charge in [-0.2, -0.15) is 39.5 Å². The molecule has 32 heavy (non-hydrogen) atoms. The van der Waals surface area contributed by atoms with Gasteiger partial charge in [0.05, 0.1) is 0 Å². The summed E-state index contributed by atoms with van der Waals surface area (Å²) in [5, 5.41) is 0. The molecule has 0 radical (unpaired) electrons. The smallest absolute Gasteiger partial charge is 0.362 e. The minimum absolute atomic E-state index is 0.0231. The molecule has 0 aliphatic carbocycles. The highest BCUT2D eigenvalue weighted by molar-refractivity contribution is 5.02. The molecule has 2 aliphatic heterocycles. The fourth-order valence-electron chi connectivity index (χ4n) is 3.66. The highest BCUT2D eigenvalue weighted by Gasteiger charge is 2.67. The van der Waals surface area contributed by atoms with E-state index < -0.39 is 93.9 Å². The first kappa shape index (κ1) is 27.1. The standard InChI is InChI=1S/C15H16F14N2O/c16-9(13(21,22)23)11(17,18)7-1-2-8(32-7)12(19,20)10(14(24,25)26)30-3-5-31(6-4-30)15(27,28)29/h7-10H,1-6H2. The van der Waals surface area contributed by atoms with Gasteiger partial charge in [-0.1, -0.05) is 0 Å². The lowest BCUT2D eigenvalue weighted by Gasteiger charge is -2.43. The third-order valence-electron chi connectivity index (χ3n) is 5.22. The minimum atomic E-state index is -6.08. The Bertz CT molecular complexity index is 638. The molecule has 2 rings (SSSR count). The van der Waals surface area contributed by atoms with Crippen LogP contribution in [0.3, 0.4) is 0 Å². The molecular weight excluding hydrogens is 490 g/mol. The van der Waals surface area contributed by atoms with E-state index in [9.17, 15) is 61.5 Å². The molecule has 4 unspecified atom stereocenters. The molecule has 2 saturated heterocycles. The maximum absolute atomic E-state index is 14.7. The van der Waals surface area contributed by atoms with Crippen molar-refractivity contribution in [2.24, 2.45) is 0 Å². The van der Waals surface area contributed by atoms with Crippen LogP contribution in [0.5, 0.6) is 0 Å². The van der Waals surface area contributed by atoms with Crippen molar-refractivity contribution in [2.75, 3.05) is 26.2 Å². The lowest BCUT2D eigenvalue weighted by Crippen LogP contribution is -2.65. The summed E-state index contributed by atoms with van der Waals surface area (Å²) in [5.41, 5.74) is 0. The molecule has 17 heteroatoms. The van der Waals surface area contributed by atoms with Crippen LogP contribution >= 0.6 is 0 Å². The Balaban J connectivity index is 2.20. The molecule has 0 aromatic carbocycles. The Kier molecular flexibility index (Phi) is 7.29. The number of ether oxygens (including phenoxy) is 1. The third-order valence-corrected chi connectivity index (χ3v) is 5.22. The molecule has 2 fully saturated rings. The van der Waals surface area contributed by atoms with Crippen molar-refractivity contribution in [1.29, 1.82) is 0 Å². The van der Waals surface area contributed by atoms with Crippen LogP contribution in [0.2, 0.25) is 0 Å². The van der Waals surface area contributed by atoms with Gasteiger partial charge in [-0.05, 0) is 12.8 Å². The number of alkyl halides is 14. The first-order valence-corrected chi connectivity index (χ1v) is 8.94. The predicted octanol–water partition coefficient (Wildman–Crippen LogP) is 4.77. The van der Waals surface area contributed by atoms with Crippen LogP contribution in [-0.4, -0.2) is 90.9 Å². The molecule has 0 saturated carbocycles. The second-order valence-electron chi connectivity index (χ2n) is 7.38. The van der Waals surface area contributed by atoms with Crippen molar-refractivity contribution in [3.8, 4) is 0 Å². The van der Waals surface area contributed by atoms with Crippen LogP contribution in [0, 0.1) is 0 Å². The Morgan fingerprint density at radius 2 is 1.06 bits per heavy atom. The third kappa shape index (κ3) is 5.51. The van der Waals surface area contributed by atoms with Gasteiger partial charge in [0.2, 0.25) is 0 Å². The lowest BCUT2D eigenvalue weighted by molar-refractivity contribution is -0.300. The predicted molar refractivity (Wildman–Crippen MR) is 77.8 cm³/mol. The van der Waals surface area contributed by atoms with E-state index in [4.69, 9.17) is 0 Å². The first-order chi connectivity index (χ1) is 14.2. The van der Waals surface area contributed by atoms with Gasteiger partial charge < -0.3 is 4.74 Å². The van der Waals surface area contributed by atoms with E-state index in [0.717, 1.165) is 0 Å². The number of rotatable bonds is 5. The van der Waals surface area contributed by atoms with Gasteiger partial charge in [0.15, 0.2) is 6.04 Å². The topological polar surface area (TPSA) is 15.7 Å². The lowest BCUT2D eigenvalue weighted by atomic mass is 9.97. The maximum atomic E-state index is 14.7. The van der Waals surface area contributed by atoms with E-state index in [0.29, 0.717) is 0 Å². The Labute approximate surface area is 171 Å². The van der Waals surface area contributed by atoms with Crippen LogP contribution < -0.4 is 0 Å². The number of halogens is 14. The van der Waals surface area contributed by atoms with Gasteiger partial charge in [0.1, 0.15) is 12.2 Å². The van der Waals surface area contributed by atoms with E-state index in [1.807, 2.05) is 0 Å². The molecule has 3 nitrogen and oxygen atoms in total. The average Bonchev–Trinajstić information content (AvgIpc) is 3.10. The average molecular weight is 506 g/mol. The van der Waals surface area contributed by atoms with Crippen molar-refractivity contribution < 1.29 is 66.2 Å². The summed E-state index contributed by atoms with van der Waals surface area (Å²) in [4.78, 5) is -0.235. The van der Waals surface area contributed by atoms with E-state index in [-0.39, 0.29) is 9.80 Å². The molecule has 190 valence electrons. The fraction of sp³-hybridized carbons (Fsp3) is 1.00. The number of piperazine rings is 1. The summed E-state index contributed by atoms with van der Waals surface area (Å²) in [6, 6.07) is -3.76. The van der Waals surface area contributed by atoms with Crippen molar-refractivity contribution in [2.45, 2.75) is 67.8 Å². The van der Waals surface area contributed by atoms with Gasteiger partial charge in [-0.25, -0.2) is 26.9 Å². The fourth-order valence-corrected chi connectivity index (χ4v) is 3.66. The van der Waals surface area contributed by atoms with Crippen LogP contribution in [0.4, 0.5) is 61.5 Å². The van der Waals surface area contributed by atoms with Gasteiger partial charge in [-0.3, -0.25) is 4.90 Å². The summed E-state index contributed by atoms with van der Waals surface area (Å²) in [6.45, 7) is -4.42. The van der Waals surface area contributed by atoms with E-state index in [1.54, 1.807) is 0 Å². The van der Waals surface area contributed by atoms with E-state index in [2.05, 4.69) is 4.74 Å². The van der Waals surface area contributed by atoms with Gasteiger partial charge in [0.25, 0.3) is 12.1 Å². The van der Waals surface area contributed by atoms with Gasteiger partial charge in [-0.15, -0.1) is 0 Å². The zero-order valence-corrected chi connectivity index (χ0v) is 15.6. The zero-order chi connectivity index (χ0) is 24.9. The SMILES string of the molecule is FC(C(F)(F)F)C(F)(F)C1CCC(C(F)(F)C(N2CCN(C(F)(F)F)CC2)C(F)(F)F)O1. The molecule has 2 aliphatic rings. The van der Waals surface area contributed by atoms with Crippen molar-refractivity contribution in [3.05, 3.63) is 0 Å². The maximum Gasteiger partial charge on any atom is 0.460 e. The van der Waals surface area contributed by atoms with Crippen LogP contribution in [-0.2, 0) is 4.74 Å². The quantitative estimate of drug-likeness (QED) is 0.395. The monoisotopic (exact) mass is 506 g/mol. The molecule has 0 amide bonds. The van der Waals surface area contributed by atoms with Crippen molar-refractivity contribution in [1.82, 2.24) is 9.80 Å². The molecule has 0 N–H and O–H groups in total.